The van der Waals surface area contributed by atoms with Crippen LogP contribution in [0.15, 0.2) is 82.2 Å². The van der Waals surface area contributed by atoms with Crippen molar-refractivity contribution in [3.05, 3.63) is 82.8 Å². The summed E-state index contributed by atoms with van der Waals surface area (Å²) in [5.41, 5.74) is 1.03. The summed E-state index contributed by atoms with van der Waals surface area (Å²) >= 11 is 3.45. The number of ether oxygens (including phenoxy) is 2. The van der Waals surface area contributed by atoms with E-state index in [9.17, 15) is 18.0 Å². The fourth-order valence-electron chi connectivity index (χ4n) is 4.25. The second-order valence-electron chi connectivity index (χ2n) is 9.27. The van der Waals surface area contributed by atoms with Crippen LogP contribution in [0.5, 0.6) is 11.5 Å². The van der Waals surface area contributed by atoms with E-state index in [1.54, 1.807) is 43.3 Å². The normalized spacial score (nSPS) is 13.3. The van der Waals surface area contributed by atoms with Crippen LogP contribution >= 0.6 is 15.9 Å². The van der Waals surface area contributed by atoms with E-state index < -0.39 is 28.5 Å². The van der Waals surface area contributed by atoms with Crippen molar-refractivity contribution in [3.63, 3.8) is 0 Å². The van der Waals surface area contributed by atoms with E-state index in [-0.39, 0.29) is 23.0 Å². The first-order chi connectivity index (χ1) is 19.2. The Morgan fingerprint density at radius 2 is 1.70 bits per heavy atom. The molecule has 0 saturated heterocycles. The number of sulfonamides is 1. The highest BCUT2D eigenvalue weighted by Crippen LogP contribution is 2.36. The van der Waals surface area contributed by atoms with Crippen molar-refractivity contribution in [2.75, 3.05) is 30.6 Å². The Hall–Kier alpha value is -3.57. The third-order valence-corrected chi connectivity index (χ3v) is 8.66. The fourth-order valence-corrected chi connectivity index (χ4v) is 6.12. The summed E-state index contributed by atoms with van der Waals surface area (Å²) in [6.45, 7) is 4.34. The van der Waals surface area contributed by atoms with E-state index in [0.29, 0.717) is 31.3 Å². The number of nitrogens with zero attached hydrogens (tertiary/aromatic N) is 2. The average molecular weight is 631 g/mol. The Balaban J connectivity index is 1.72. The zero-order valence-corrected chi connectivity index (χ0v) is 24.8. The maximum absolute atomic E-state index is 14.0. The van der Waals surface area contributed by atoms with Gasteiger partial charge in [-0.05, 0) is 55.3 Å². The number of hydrogen-bond donors (Lipinski definition) is 1. The van der Waals surface area contributed by atoms with Crippen LogP contribution in [0.4, 0.5) is 5.69 Å². The van der Waals surface area contributed by atoms with Crippen LogP contribution in [0.25, 0.3) is 0 Å². The van der Waals surface area contributed by atoms with E-state index in [4.69, 9.17) is 9.47 Å². The Bertz CT molecular complexity index is 1450. The Kier molecular flexibility index (Phi) is 9.70. The maximum Gasteiger partial charge on any atom is 0.264 e. The van der Waals surface area contributed by atoms with Gasteiger partial charge in [0.1, 0.15) is 25.8 Å². The number of amides is 2. The lowest BCUT2D eigenvalue weighted by molar-refractivity contribution is -0.139. The molecule has 1 atom stereocenters. The van der Waals surface area contributed by atoms with Crippen molar-refractivity contribution in [1.82, 2.24) is 10.2 Å². The molecular formula is C29H32BrN3O6S. The fraction of sp³-hybridized carbons (Fsp3) is 0.310. The first-order valence-electron chi connectivity index (χ1n) is 13.0. The van der Waals surface area contributed by atoms with Gasteiger partial charge in [0.05, 0.1) is 10.6 Å². The van der Waals surface area contributed by atoms with E-state index in [0.717, 1.165) is 20.8 Å². The minimum absolute atomic E-state index is 0.0324. The predicted molar refractivity (Wildman–Crippen MR) is 156 cm³/mol. The van der Waals surface area contributed by atoms with Crippen LogP contribution in [0.3, 0.4) is 0 Å². The summed E-state index contributed by atoms with van der Waals surface area (Å²) in [7, 11) is -4.17. The number of fused-ring (bicyclic) bond motifs is 1. The lowest BCUT2D eigenvalue weighted by atomic mass is 10.1. The first kappa shape index (κ1) is 29.4. The zero-order chi connectivity index (χ0) is 28.7. The Labute approximate surface area is 243 Å². The van der Waals surface area contributed by atoms with Crippen molar-refractivity contribution < 1.29 is 27.5 Å². The number of anilines is 1. The zero-order valence-electron chi connectivity index (χ0n) is 22.4. The van der Waals surface area contributed by atoms with Gasteiger partial charge >= 0.3 is 0 Å². The summed E-state index contributed by atoms with van der Waals surface area (Å²) in [4.78, 5) is 28.4. The third kappa shape index (κ3) is 6.95. The average Bonchev–Trinajstić information content (AvgIpc) is 2.97. The van der Waals surface area contributed by atoms with E-state index in [1.165, 1.54) is 17.0 Å². The number of carbonyl (C=O) groups is 2. The van der Waals surface area contributed by atoms with Gasteiger partial charge in [0.15, 0.2) is 11.5 Å². The predicted octanol–water partition coefficient (Wildman–Crippen LogP) is 4.36. The van der Waals surface area contributed by atoms with Gasteiger partial charge in [0.25, 0.3) is 10.0 Å². The van der Waals surface area contributed by atoms with Gasteiger partial charge in [-0.25, -0.2) is 8.42 Å². The van der Waals surface area contributed by atoms with Crippen molar-refractivity contribution in [2.45, 2.75) is 37.8 Å². The van der Waals surface area contributed by atoms with E-state index >= 15 is 0 Å². The molecule has 0 bridgehead atoms. The first-order valence-corrected chi connectivity index (χ1v) is 15.2. The number of halogens is 1. The Morgan fingerprint density at radius 1 is 0.975 bits per heavy atom. The molecule has 0 saturated carbocycles. The van der Waals surface area contributed by atoms with Crippen molar-refractivity contribution >= 4 is 43.5 Å². The minimum Gasteiger partial charge on any atom is -0.486 e. The highest BCUT2D eigenvalue weighted by Gasteiger charge is 2.33. The molecule has 1 aliphatic heterocycles. The summed E-state index contributed by atoms with van der Waals surface area (Å²) < 4.78 is 41.0. The molecule has 0 fully saturated rings. The molecule has 11 heteroatoms. The molecule has 0 unspecified atom stereocenters. The molecular weight excluding hydrogens is 598 g/mol. The lowest BCUT2D eigenvalue weighted by Crippen LogP contribution is -2.51. The lowest BCUT2D eigenvalue weighted by Gasteiger charge is -2.32. The molecule has 1 heterocycles. The molecule has 1 N–H and O–H groups in total. The highest BCUT2D eigenvalue weighted by molar-refractivity contribution is 9.10. The molecule has 0 aliphatic carbocycles. The van der Waals surface area contributed by atoms with Crippen LogP contribution < -0.4 is 19.1 Å². The van der Waals surface area contributed by atoms with Gasteiger partial charge in [-0.1, -0.05) is 53.2 Å². The molecule has 3 aromatic rings. The number of carbonyl (C=O) groups excluding carboxylic acids is 2. The molecule has 0 radical (unpaired) electrons. The summed E-state index contributed by atoms with van der Waals surface area (Å²) in [5, 5.41) is 2.84. The SMILES string of the molecule is CCCNC(=O)[C@H](C)N(Cc1cccc(Br)c1)C(=O)CN(c1ccc2c(c1)OCCO2)S(=O)(=O)c1ccccc1. The van der Waals surface area contributed by atoms with Crippen LogP contribution in [-0.4, -0.2) is 57.5 Å². The van der Waals surface area contributed by atoms with Crippen LogP contribution in [0.2, 0.25) is 0 Å². The topological polar surface area (TPSA) is 105 Å². The largest absolute Gasteiger partial charge is 0.486 e. The maximum atomic E-state index is 14.0. The summed E-state index contributed by atoms with van der Waals surface area (Å²) in [5.74, 6) is 0.0363. The second kappa shape index (κ2) is 13.2. The van der Waals surface area contributed by atoms with Crippen molar-refractivity contribution in [3.8, 4) is 11.5 Å². The van der Waals surface area contributed by atoms with Gasteiger partial charge in [0, 0.05) is 23.6 Å². The van der Waals surface area contributed by atoms with Gasteiger partial charge in [-0.15, -0.1) is 0 Å². The number of nitrogens with one attached hydrogen (secondary N) is 1. The molecule has 0 spiro atoms. The quantitative estimate of drug-likeness (QED) is 0.338. The minimum atomic E-state index is -4.17. The molecule has 0 aromatic heterocycles. The summed E-state index contributed by atoms with van der Waals surface area (Å²) in [6, 6.07) is 19.2. The standard InChI is InChI=1S/C29H32BrN3O6S/c1-3-14-31-29(35)21(2)32(19-22-8-7-9-23(30)17-22)28(34)20-33(40(36,37)25-10-5-4-6-11-25)24-12-13-26-27(18-24)39-16-15-38-26/h4-13,17-18,21H,3,14-16,19-20H2,1-2H3,(H,31,35)/t21-/m0/s1. The molecule has 3 aromatic carbocycles. The number of benzene rings is 3. The smallest absolute Gasteiger partial charge is 0.264 e. The monoisotopic (exact) mass is 629 g/mol. The number of hydrogen-bond acceptors (Lipinski definition) is 6. The van der Waals surface area contributed by atoms with Crippen molar-refractivity contribution in [1.29, 1.82) is 0 Å². The van der Waals surface area contributed by atoms with Crippen LogP contribution in [-0.2, 0) is 26.2 Å². The van der Waals surface area contributed by atoms with Gasteiger partial charge < -0.3 is 19.7 Å². The molecule has 1 aliphatic rings. The van der Waals surface area contributed by atoms with Crippen molar-refractivity contribution in [2.24, 2.45) is 0 Å². The third-order valence-electron chi connectivity index (χ3n) is 6.38. The molecule has 212 valence electrons. The molecule has 2 amide bonds. The summed E-state index contributed by atoms with van der Waals surface area (Å²) in [6.07, 6.45) is 0.741. The van der Waals surface area contributed by atoms with Gasteiger partial charge in [0.2, 0.25) is 11.8 Å². The second-order valence-corrected chi connectivity index (χ2v) is 12.0. The van der Waals surface area contributed by atoms with Gasteiger partial charge in [-0.3, -0.25) is 13.9 Å². The number of rotatable bonds is 11. The van der Waals surface area contributed by atoms with E-state index in [1.807, 2.05) is 31.2 Å². The van der Waals surface area contributed by atoms with Crippen LogP contribution in [0.1, 0.15) is 25.8 Å². The molecule has 9 nitrogen and oxygen atoms in total. The van der Waals surface area contributed by atoms with E-state index in [2.05, 4.69) is 21.2 Å². The highest BCUT2D eigenvalue weighted by atomic mass is 79.9. The van der Waals surface area contributed by atoms with Crippen LogP contribution in [0, 0.1) is 0 Å². The molecule has 4 rings (SSSR count). The van der Waals surface area contributed by atoms with Gasteiger partial charge in [-0.2, -0.15) is 0 Å². The molecule has 40 heavy (non-hydrogen) atoms. The Morgan fingerprint density at radius 3 is 2.40 bits per heavy atom.